The number of hydrogen-bond acceptors (Lipinski definition) is 4. The van der Waals surface area contributed by atoms with E-state index in [1.165, 1.54) is 12.3 Å². The summed E-state index contributed by atoms with van der Waals surface area (Å²) in [5.74, 6) is -0.705. The van der Waals surface area contributed by atoms with Crippen molar-refractivity contribution in [3.05, 3.63) is 41.3 Å². The molecule has 0 fully saturated rings. The summed E-state index contributed by atoms with van der Waals surface area (Å²) in [6.07, 6.45) is -3.45. The molecule has 0 saturated heterocycles. The van der Waals surface area contributed by atoms with Crippen LogP contribution in [0.3, 0.4) is 0 Å². The largest absolute Gasteiger partial charge is 0.417 e. The number of pyridine rings is 1. The normalized spacial score (nSPS) is 12.8. The predicted octanol–water partition coefficient (Wildman–Crippen LogP) is 4.74. The Balaban J connectivity index is 2.28. The molecule has 3 aromatic rings. The third kappa shape index (κ3) is 2.83. The molecular formula is C16H13F4N3O. The van der Waals surface area contributed by atoms with Gasteiger partial charge in [0.15, 0.2) is 5.52 Å². The minimum Gasteiger partial charge on any atom is -0.242 e. The topological polar surface area (TPSA) is 51.8 Å². The first kappa shape index (κ1) is 16.4. The maximum Gasteiger partial charge on any atom is 0.417 e. The molecule has 0 aliphatic carbocycles. The second kappa shape index (κ2) is 5.25. The number of nitrogens with zero attached hydrogens (tertiary/aromatic N) is 3. The van der Waals surface area contributed by atoms with Gasteiger partial charge in [0.05, 0.1) is 5.56 Å². The molecule has 4 nitrogen and oxygen atoms in total. The van der Waals surface area contributed by atoms with Gasteiger partial charge in [-0.25, -0.2) is 14.0 Å². The number of aromatic nitrogens is 3. The van der Waals surface area contributed by atoms with Crippen LogP contribution in [-0.4, -0.2) is 15.3 Å². The van der Waals surface area contributed by atoms with Crippen molar-refractivity contribution in [2.24, 2.45) is 0 Å². The maximum absolute atomic E-state index is 14.4. The molecule has 0 amide bonds. The first-order valence-corrected chi connectivity index (χ1v) is 7.07. The first-order valence-electron chi connectivity index (χ1n) is 7.07. The van der Waals surface area contributed by atoms with Crippen LogP contribution in [0.5, 0.6) is 0 Å². The SMILES string of the molecule is CC(C)(C)c1cc(C(F)(F)F)c(-c2cnc3nonc3c2)cc1F. The van der Waals surface area contributed by atoms with Crippen LogP contribution < -0.4 is 0 Å². The fourth-order valence-electron chi connectivity index (χ4n) is 2.46. The Morgan fingerprint density at radius 2 is 1.67 bits per heavy atom. The van der Waals surface area contributed by atoms with Crippen molar-refractivity contribution >= 4 is 11.2 Å². The highest BCUT2D eigenvalue weighted by Crippen LogP contribution is 2.40. The molecule has 0 saturated carbocycles. The number of halogens is 4. The van der Waals surface area contributed by atoms with E-state index in [2.05, 4.69) is 19.9 Å². The third-order valence-corrected chi connectivity index (χ3v) is 3.65. The van der Waals surface area contributed by atoms with Gasteiger partial charge in [-0.15, -0.1) is 0 Å². The highest BCUT2D eigenvalue weighted by Gasteiger charge is 2.36. The number of alkyl halides is 3. The summed E-state index contributed by atoms with van der Waals surface area (Å²) in [6, 6.07) is 3.08. The van der Waals surface area contributed by atoms with Gasteiger partial charge in [0.1, 0.15) is 5.82 Å². The van der Waals surface area contributed by atoms with Crippen LogP contribution in [0.1, 0.15) is 31.9 Å². The molecule has 24 heavy (non-hydrogen) atoms. The van der Waals surface area contributed by atoms with Gasteiger partial charge in [0, 0.05) is 11.8 Å². The van der Waals surface area contributed by atoms with Crippen molar-refractivity contribution in [1.82, 2.24) is 15.3 Å². The third-order valence-electron chi connectivity index (χ3n) is 3.65. The first-order chi connectivity index (χ1) is 11.1. The standard InChI is InChI=1S/C16H13F4N3O/c1-15(2,3)11-6-10(16(18,19)20)9(5-12(11)17)8-4-13-14(21-7-8)23-24-22-13/h4-7H,1-3H3. The molecule has 0 unspecified atom stereocenters. The van der Waals surface area contributed by atoms with Crippen LogP contribution in [0.2, 0.25) is 0 Å². The molecule has 2 heterocycles. The summed E-state index contributed by atoms with van der Waals surface area (Å²) in [4.78, 5) is 3.88. The molecule has 0 bridgehead atoms. The number of fused-ring (bicyclic) bond motifs is 1. The van der Waals surface area contributed by atoms with E-state index in [0.717, 1.165) is 12.1 Å². The van der Waals surface area contributed by atoms with Crippen molar-refractivity contribution in [1.29, 1.82) is 0 Å². The van der Waals surface area contributed by atoms with Crippen molar-refractivity contribution in [3.63, 3.8) is 0 Å². The summed E-state index contributed by atoms with van der Waals surface area (Å²) in [5, 5.41) is 7.05. The molecule has 1 aromatic carbocycles. The Morgan fingerprint density at radius 1 is 0.958 bits per heavy atom. The Kier molecular flexibility index (Phi) is 3.58. The van der Waals surface area contributed by atoms with E-state index in [9.17, 15) is 17.6 Å². The molecular weight excluding hydrogens is 326 g/mol. The number of hydrogen-bond donors (Lipinski definition) is 0. The van der Waals surface area contributed by atoms with Crippen LogP contribution in [-0.2, 0) is 11.6 Å². The predicted molar refractivity (Wildman–Crippen MR) is 78.7 cm³/mol. The van der Waals surface area contributed by atoms with E-state index in [1.54, 1.807) is 20.8 Å². The van der Waals surface area contributed by atoms with E-state index in [0.29, 0.717) is 0 Å². The summed E-state index contributed by atoms with van der Waals surface area (Å²) >= 11 is 0. The minimum absolute atomic E-state index is 0.00397. The van der Waals surface area contributed by atoms with E-state index in [4.69, 9.17) is 0 Å². The lowest BCUT2D eigenvalue weighted by molar-refractivity contribution is -0.137. The fraction of sp³-hybridized carbons (Fsp3) is 0.312. The van der Waals surface area contributed by atoms with Gasteiger partial charge in [0.2, 0.25) is 5.65 Å². The number of benzene rings is 1. The molecule has 0 spiro atoms. The molecule has 8 heteroatoms. The summed E-state index contributed by atoms with van der Waals surface area (Å²) in [6.45, 7) is 4.96. The lowest BCUT2D eigenvalue weighted by Crippen LogP contribution is -2.17. The van der Waals surface area contributed by atoms with Crippen molar-refractivity contribution in [2.75, 3.05) is 0 Å². The van der Waals surface area contributed by atoms with E-state index >= 15 is 0 Å². The Hall–Kier alpha value is -2.51. The Bertz CT molecular complexity index is 910. The maximum atomic E-state index is 14.4. The Morgan fingerprint density at radius 3 is 2.29 bits per heavy atom. The monoisotopic (exact) mass is 339 g/mol. The molecule has 0 aliphatic rings. The molecule has 0 aliphatic heterocycles. The number of rotatable bonds is 1. The van der Waals surface area contributed by atoms with E-state index in [1.807, 2.05) is 0 Å². The van der Waals surface area contributed by atoms with Crippen LogP contribution in [0.15, 0.2) is 29.0 Å². The van der Waals surface area contributed by atoms with Gasteiger partial charge >= 0.3 is 6.18 Å². The molecule has 2 aromatic heterocycles. The van der Waals surface area contributed by atoms with Crippen LogP contribution in [0.4, 0.5) is 17.6 Å². The second-order valence-electron chi connectivity index (χ2n) is 6.46. The van der Waals surface area contributed by atoms with Crippen LogP contribution in [0.25, 0.3) is 22.3 Å². The summed E-state index contributed by atoms with van der Waals surface area (Å²) in [7, 11) is 0. The van der Waals surface area contributed by atoms with Crippen LogP contribution in [0, 0.1) is 5.82 Å². The van der Waals surface area contributed by atoms with Gasteiger partial charge < -0.3 is 0 Å². The van der Waals surface area contributed by atoms with Crippen LogP contribution >= 0.6 is 0 Å². The van der Waals surface area contributed by atoms with Gasteiger partial charge in [-0.3, -0.25) is 0 Å². The molecule has 0 radical (unpaired) electrons. The highest BCUT2D eigenvalue weighted by atomic mass is 19.4. The van der Waals surface area contributed by atoms with Crippen molar-refractivity contribution in [2.45, 2.75) is 32.4 Å². The molecule has 0 N–H and O–H groups in total. The Labute approximate surface area is 134 Å². The average Bonchev–Trinajstić information content (AvgIpc) is 2.91. The molecule has 126 valence electrons. The zero-order chi connectivity index (χ0) is 17.7. The minimum atomic E-state index is -4.64. The van der Waals surface area contributed by atoms with Gasteiger partial charge in [0.25, 0.3) is 0 Å². The molecule has 0 atom stereocenters. The summed E-state index contributed by atoms with van der Waals surface area (Å²) in [5.41, 5.74) is -1.54. The van der Waals surface area contributed by atoms with E-state index in [-0.39, 0.29) is 27.9 Å². The van der Waals surface area contributed by atoms with Gasteiger partial charge in [-0.1, -0.05) is 20.8 Å². The van der Waals surface area contributed by atoms with Gasteiger partial charge in [-0.05, 0) is 45.1 Å². The van der Waals surface area contributed by atoms with E-state index < -0.39 is 23.0 Å². The average molecular weight is 339 g/mol. The van der Waals surface area contributed by atoms with Crippen molar-refractivity contribution < 1.29 is 22.2 Å². The molecule has 3 rings (SSSR count). The zero-order valence-electron chi connectivity index (χ0n) is 13.1. The smallest absolute Gasteiger partial charge is 0.242 e. The fourth-order valence-corrected chi connectivity index (χ4v) is 2.46. The lowest BCUT2D eigenvalue weighted by atomic mass is 9.83. The zero-order valence-corrected chi connectivity index (χ0v) is 13.1. The quantitative estimate of drug-likeness (QED) is 0.601. The highest BCUT2D eigenvalue weighted by molar-refractivity contribution is 5.78. The lowest BCUT2D eigenvalue weighted by Gasteiger charge is -2.23. The van der Waals surface area contributed by atoms with Crippen molar-refractivity contribution in [3.8, 4) is 11.1 Å². The second-order valence-corrected chi connectivity index (χ2v) is 6.46. The van der Waals surface area contributed by atoms with Gasteiger partial charge in [-0.2, -0.15) is 13.2 Å². The summed E-state index contributed by atoms with van der Waals surface area (Å²) < 4.78 is 59.4.